The predicted molar refractivity (Wildman–Crippen MR) is 124 cm³/mol. The molecule has 0 bridgehead atoms. The van der Waals surface area contributed by atoms with Crippen LogP contribution in [0.3, 0.4) is 0 Å². The van der Waals surface area contributed by atoms with Crippen molar-refractivity contribution in [1.82, 2.24) is 15.5 Å². The molecule has 7 N–H and O–H groups in total. The number of nitrogens with zero attached hydrogens (tertiary/aromatic N) is 2. The van der Waals surface area contributed by atoms with Gasteiger partial charge in [0, 0.05) is 19.6 Å². The number of hydrogen-bond donors (Lipinski definition) is 5. The first-order valence-electron chi connectivity index (χ1n) is 11.1. The van der Waals surface area contributed by atoms with Gasteiger partial charge in [-0.05, 0) is 44.2 Å². The first kappa shape index (κ1) is 26.4. The summed E-state index contributed by atoms with van der Waals surface area (Å²) < 4.78 is 5.44. The van der Waals surface area contributed by atoms with E-state index >= 15 is 0 Å². The van der Waals surface area contributed by atoms with Crippen LogP contribution in [-0.2, 0) is 14.4 Å². The second kappa shape index (κ2) is 13.7. The van der Waals surface area contributed by atoms with Crippen LogP contribution in [0.5, 0.6) is 5.75 Å². The van der Waals surface area contributed by atoms with Crippen molar-refractivity contribution < 1.29 is 29.0 Å². The summed E-state index contributed by atoms with van der Waals surface area (Å²) >= 11 is 0. The van der Waals surface area contributed by atoms with Gasteiger partial charge < -0.3 is 36.8 Å². The number of aliphatic imine (C=N–C) groups is 1. The molecule has 0 aliphatic carbocycles. The van der Waals surface area contributed by atoms with Gasteiger partial charge in [0.2, 0.25) is 11.8 Å². The van der Waals surface area contributed by atoms with Gasteiger partial charge in [0.25, 0.3) is 0 Å². The fourth-order valence-electron chi connectivity index (χ4n) is 3.60. The van der Waals surface area contributed by atoms with E-state index in [9.17, 15) is 19.2 Å². The van der Waals surface area contributed by atoms with Gasteiger partial charge in [-0.1, -0.05) is 18.2 Å². The number of carbonyl (C=O) groups is 4. The zero-order chi connectivity index (χ0) is 24.9. The quantitative estimate of drug-likeness (QED) is 0.129. The van der Waals surface area contributed by atoms with Gasteiger partial charge in [-0.3, -0.25) is 19.4 Å². The van der Waals surface area contributed by atoms with Gasteiger partial charge in [-0.2, -0.15) is 0 Å². The van der Waals surface area contributed by atoms with Crippen LogP contribution < -0.4 is 26.8 Å². The Bertz CT molecular complexity index is 874. The van der Waals surface area contributed by atoms with Crippen molar-refractivity contribution in [2.24, 2.45) is 16.5 Å². The smallest absolute Gasteiger partial charge is 0.415 e. The van der Waals surface area contributed by atoms with E-state index in [2.05, 4.69) is 15.6 Å². The fourth-order valence-corrected chi connectivity index (χ4v) is 3.60. The van der Waals surface area contributed by atoms with E-state index in [1.54, 1.807) is 29.2 Å². The van der Waals surface area contributed by atoms with Crippen LogP contribution in [0.2, 0.25) is 0 Å². The number of hydrogen-bond acceptors (Lipinski definition) is 6. The maximum Gasteiger partial charge on any atom is 0.415 e. The number of rotatable bonds is 11. The van der Waals surface area contributed by atoms with Crippen molar-refractivity contribution in [3.05, 3.63) is 30.3 Å². The minimum atomic E-state index is -1.30. The van der Waals surface area contributed by atoms with E-state index in [1.165, 1.54) is 0 Å². The topological polar surface area (TPSA) is 189 Å². The summed E-state index contributed by atoms with van der Waals surface area (Å²) in [6.07, 6.45) is 1.76. The molecule has 1 aliphatic rings. The number of piperidine rings is 1. The first-order chi connectivity index (χ1) is 16.3. The summed E-state index contributed by atoms with van der Waals surface area (Å²) in [7, 11) is 0. The Labute approximate surface area is 197 Å². The van der Waals surface area contributed by atoms with Crippen molar-refractivity contribution in [2.45, 2.75) is 50.6 Å². The highest BCUT2D eigenvalue weighted by Gasteiger charge is 2.30. The first-order valence-corrected chi connectivity index (χ1v) is 11.1. The zero-order valence-corrected chi connectivity index (χ0v) is 18.9. The van der Waals surface area contributed by atoms with E-state index in [4.69, 9.17) is 21.3 Å². The molecule has 0 saturated carbocycles. The molecule has 1 aromatic rings. The monoisotopic (exact) mass is 476 g/mol. The summed E-state index contributed by atoms with van der Waals surface area (Å²) in [5.74, 6) is -2.21. The number of carboxylic acids is 1. The van der Waals surface area contributed by atoms with Crippen LogP contribution in [0, 0.1) is 0 Å². The summed E-state index contributed by atoms with van der Waals surface area (Å²) in [6, 6.07) is 7.49. The van der Waals surface area contributed by atoms with Gasteiger partial charge in [-0.15, -0.1) is 0 Å². The Balaban J connectivity index is 1.96. The van der Waals surface area contributed by atoms with Crippen LogP contribution in [0.4, 0.5) is 4.79 Å². The van der Waals surface area contributed by atoms with E-state index in [1.807, 2.05) is 6.07 Å². The third kappa shape index (κ3) is 9.35. The zero-order valence-electron chi connectivity index (χ0n) is 18.9. The Morgan fingerprint density at radius 1 is 1.18 bits per heavy atom. The Kier molecular flexibility index (Phi) is 10.6. The Morgan fingerprint density at radius 3 is 2.59 bits per heavy atom. The van der Waals surface area contributed by atoms with Crippen molar-refractivity contribution in [3.8, 4) is 5.75 Å². The highest BCUT2D eigenvalue weighted by Crippen LogP contribution is 2.19. The number of benzene rings is 1. The third-order valence-electron chi connectivity index (χ3n) is 5.23. The molecular formula is C22H32N6O6. The van der Waals surface area contributed by atoms with Gasteiger partial charge >= 0.3 is 12.1 Å². The van der Waals surface area contributed by atoms with Gasteiger partial charge in [-0.25, -0.2) is 4.79 Å². The van der Waals surface area contributed by atoms with E-state index in [0.29, 0.717) is 25.1 Å². The SMILES string of the molecule is NC(N)=NCCCC(NC(=O)CC(=O)O)C(=O)NCC1CCCCN1C(=O)Oc1ccccc1. The lowest BCUT2D eigenvalue weighted by molar-refractivity contribution is -0.141. The van der Waals surface area contributed by atoms with Crippen LogP contribution in [-0.4, -0.2) is 71.6 Å². The standard InChI is InChI=1S/C22H32N6O6/c23-21(24)25-11-6-10-17(27-18(29)13-19(30)31)20(32)26-14-15-7-4-5-12-28(15)22(33)34-16-8-2-1-3-9-16/h1-3,8-9,15,17H,4-7,10-14H2,(H,26,32)(H,27,29)(H,30,31)(H4,23,24,25). The van der Waals surface area contributed by atoms with Crippen molar-refractivity contribution in [3.63, 3.8) is 0 Å². The lowest BCUT2D eigenvalue weighted by Gasteiger charge is -2.35. The Morgan fingerprint density at radius 2 is 1.91 bits per heavy atom. The van der Waals surface area contributed by atoms with E-state index < -0.39 is 36.3 Å². The molecule has 1 saturated heterocycles. The number of para-hydroxylation sites is 1. The fraction of sp³-hybridized carbons (Fsp3) is 0.500. The molecule has 0 radical (unpaired) electrons. The maximum absolute atomic E-state index is 12.8. The largest absolute Gasteiger partial charge is 0.481 e. The molecule has 2 rings (SSSR count). The number of carboxylic acid groups (broad SMARTS) is 1. The van der Waals surface area contributed by atoms with Gasteiger partial charge in [0.15, 0.2) is 5.96 Å². The summed E-state index contributed by atoms with van der Waals surface area (Å²) in [5, 5.41) is 14.0. The molecule has 186 valence electrons. The number of guanidine groups is 1. The molecule has 2 unspecified atom stereocenters. The summed E-state index contributed by atoms with van der Waals surface area (Å²) in [5.41, 5.74) is 10.6. The van der Waals surface area contributed by atoms with Crippen LogP contribution >= 0.6 is 0 Å². The van der Waals surface area contributed by atoms with Crippen LogP contribution in [0.15, 0.2) is 35.3 Å². The molecule has 1 heterocycles. The molecule has 12 heteroatoms. The molecule has 3 amide bonds. The normalized spacial score (nSPS) is 16.1. The Hall–Kier alpha value is -3.83. The molecule has 1 aliphatic heterocycles. The van der Waals surface area contributed by atoms with Crippen molar-refractivity contribution in [1.29, 1.82) is 0 Å². The average molecular weight is 477 g/mol. The molecule has 12 nitrogen and oxygen atoms in total. The number of carbonyl (C=O) groups excluding carboxylic acids is 3. The number of likely N-dealkylation sites (tertiary alicyclic amines) is 1. The number of nitrogens with one attached hydrogen (secondary N) is 2. The van der Waals surface area contributed by atoms with Crippen molar-refractivity contribution >= 4 is 29.8 Å². The van der Waals surface area contributed by atoms with Crippen molar-refractivity contribution in [2.75, 3.05) is 19.6 Å². The van der Waals surface area contributed by atoms with Crippen LogP contribution in [0.1, 0.15) is 38.5 Å². The molecule has 1 fully saturated rings. The van der Waals surface area contributed by atoms with Crippen LogP contribution in [0.25, 0.3) is 0 Å². The maximum atomic E-state index is 12.8. The minimum absolute atomic E-state index is 0.0873. The lowest BCUT2D eigenvalue weighted by atomic mass is 10.0. The van der Waals surface area contributed by atoms with E-state index in [-0.39, 0.29) is 31.5 Å². The molecule has 0 aromatic heterocycles. The van der Waals surface area contributed by atoms with Gasteiger partial charge in [0.05, 0.1) is 6.04 Å². The average Bonchev–Trinajstić information content (AvgIpc) is 2.79. The number of ether oxygens (including phenoxy) is 1. The highest BCUT2D eigenvalue weighted by molar-refractivity contribution is 5.96. The number of amides is 3. The molecule has 1 aromatic carbocycles. The number of nitrogens with two attached hydrogens (primary N) is 2. The minimum Gasteiger partial charge on any atom is -0.481 e. The molecular weight excluding hydrogens is 444 g/mol. The summed E-state index contributed by atoms with van der Waals surface area (Å²) in [6.45, 7) is 0.925. The third-order valence-corrected chi connectivity index (χ3v) is 5.23. The highest BCUT2D eigenvalue weighted by atomic mass is 16.6. The van der Waals surface area contributed by atoms with E-state index in [0.717, 1.165) is 12.8 Å². The molecule has 2 atom stereocenters. The second-order valence-electron chi connectivity index (χ2n) is 7.91. The lowest BCUT2D eigenvalue weighted by Crippen LogP contribution is -2.53. The van der Waals surface area contributed by atoms with Gasteiger partial charge in [0.1, 0.15) is 18.2 Å². The number of aliphatic carboxylic acids is 1. The molecule has 0 spiro atoms. The molecule has 34 heavy (non-hydrogen) atoms. The second-order valence-corrected chi connectivity index (χ2v) is 7.91. The predicted octanol–water partition coefficient (Wildman–Crippen LogP) is 0.169. The summed E-state index contributed by atoms with van der Waals surface area (Å²) in [4.78, 5) is 53.6.